The summed E-state index contributed by atoms with van der Waals surface area (Å²) in [6.45, 7) is 5.64. The van der Waals surface area contributed by atoms with Crippen molar-refractivity contribution < 1.29 is 9.59 Å². The maximum atomic E-state index is 13.3. The van der Waals surface area contributed by atoms with Crippen molar-refractivity contribution in [1.29, 1.82) is 0 Å². The maximum absolute atomic E-state index is 13.3. The number of aromatic nitrogens is 2. The number of pyridine rings is 2. The van der Waals surface area contributed by atoms with Crippen LogP contribution in [0.4, 0.5) is 0 Å². The van der Waals surface area contributed by atoms with Crippen molar-refractivity contribution in [3.8, 4) is 11.1 Å². The Kier molecular flexibility index (Phi) is 6.70. The minimum Gasteiger partial charge on any atom is -0.337 e. The van der Waals surface area contributed by atoms with E-state index in [1.54, 1.807) is 52.8 Å². The van der Waals surface area contributed by atoms with Crippen LogP contribution in [0.5, 0.6) is 0 Å². The molecule has 1 aliphatic rings. The number of rotatable bonds is 6. The fraction of sp³-hybridized carbons (Fsp3) is 0.231. The van der Waals surface area contributed by atoms with Crippen molar-refractivity contribution in [2.24, 2.45) is 5.92 Å². The Morgan fingerprint density at radius 2 is 1.72 bits per heavy atom. The molecular weight excluding hydrogens is 400 g/mol. The highest BCUT2D eigenvalue weighted by atomic mass is 16.2. The molecule has 1 saturated heterocycles. The molecule has 1 fully saturated rings. The van der Waals surface area contributed by atoms with Gasteiger partial charge in [-0.15, -0.1) is 6.58 Å². The Balaban J connectivity index is 1.59. The zero-order chi connectivity index (χ0) is 22.3. The standard InChI is InChI=1S/C26H26N4O2/c1-2-14-29-15-16-30(25(31)22-8-12-28-13-9-22)19-24(26(29)32)18-20-4-3-5-23(17-20)21-6-10-27-11-7-21/h2-13,17,24H,1,14-16,18-19H2/t24-/m1/s1. The van der Waals surface area contributed by atoms with E-state index in [-0.39, 0.29) is 17.7 Å². The molecule has 0 saturated carbocycles. The summed E-state index contributed by atoms with van der Waals surface area (Å²) in [5, 5.41) is 0. The Bertz CT molecular complexity index is 1090. The van der Waals surface area contributed by atoms with E-state index < -0.39 is 0 Å². The predicted octanol–water partition coefficient (Wildman–Crippen LogP) is 3.47. The van der Waals surface area contributed by atoms with Gasteiger partial charge in [0, 0.05) is 56.5 Å². The normalized spacial score (nSPS) is 16.5. The van der Waals surface area contributed by atoms with Crippen LogP contribution in [0.2, 0.25) is 0 Å². The lowest BCUT2D eigenvalue weighted by Crippen LogP contribution is -2.38. The van der Waals surface area contributed by atoms with Gasteiger partial charge in [0.25, 0.3) is 5.91 Å². The van der Waals surface area contributed by atoms with Crippen molar-refractivity contribution >= 4 is 11.8 Å². The van der Waals surface area contributed by atoms with Crippen molar-refractivity contribution in [2.45, 2.75) is 6.42 Å². The summed E-state index contributed by atoms with van der Waals surface area (Å²) < 4.78 is 0. The first-order chi connectivity index (χ1) is 15.7. The summed E-state index contributed by atoms with van der Waals surface area (Å²) in [6, 6.07) is 15.6. The number of benzene rings is 1. The van der Waals surface area contributed by atoms with Gasteiger partial charge in [0.15, 0.2) is 0 Å². The van der Waals surface area contributed by atoms with Gasteiger partial charge in [-0.3, -0.25) is 19.6 Å². The van der Waals surface area contributed by atoms with Gasteiger partial charge in [-0.1, -0.05) is 30.3 Å². The third-order valence-corrected chi connectivity index (χ3v) is 5.73. The number of carbonyl (C=O) groups excluding carboxylic acids is 2. The molecule has 3 heterocycles. The first kappa shape index (κ1) is 21.4. The van der Waals surface area contributed by atoms with Crippen molar-refractivity contribution in [3.63, 3.8) is 0 Å². The molecule has 4 rings (SSSR count). The third-order valence-electron chi connectivity index (χ3n) is 5.73. The highest BCUT2D eigenvalue weighted by molar-refractivity contribution is 5.94. The summed E-state index contributed by atoms with van der Waals surface area (Å²) in [4.78, 5) is 38.1. The Morgan fingerprint density at radius 1 is 1.00 bits per heavy atom. The van der Waals surface area contributed by atoms with Gasteiger partial charge in [-0.25, -0.2) is 0 Å². The molecule has 0 unspecified atom stereocenters. The number of amides is 2. The topological polar surface area (TPSA) is 66.4 Å². The summed E-state index contributed by atoms with van der Waals surface area (Å²) in [5.41, 5.74) is 3.81. The molecule has 6 nitrogen and oxygen atoms in total. The fourth-order valence-corrected chi connectivity index (χ4v) is 4.10. The van der Waals surface area contributed by atoms with Crippen molar-refractivity contribution in [3.05, 3.63) is 97.1 Å². The van der Waals surface area contributed by atoms with Gasteiger partial charge in [0.1, 0.15) is 0 Å². The zero-order valence-corrected chi connectivity index (χ0v) is 17.9. The number of hydrogen-bond donors (Lipinski definition) is 0. The second-order valence-corrected chi connectivity index (χ2v) is 7.90. The van der Waals surface area contributed by atoms with Crippen LogP contribution in [0, 0.1) is 5.92 Å². The molecular formula is C26H26N4O2. The molecule has 1 aromatic carbocycles. The lowest BCUT2D eigenvalue weighted by atomic mass is 9.95. The van der Waals surface area contributed by atoms with Crippen molar-refractivity contribution in [1.82, 2.24) is 19.8 Å². The van der Waals surface area contributed by atoms with Gasteiger partial charge in [-0.05, 0) is 47.4 Å². The zero-order valence-electron chi connectivity index (χ0n) is 17.9. The van der Waals surface area contributed by atoms with Crippen LogP contribution in [0.25, 0.3) is 11.1 Å². The molecule has 3 aromatic rings. The quantitative estimate of drug-likeness (QED) is 0.566. The molecule has 2 aromatic heterocycles. The highest BCUT2D eigenvalue weighted by Crippen LogP contribution is 2.23. The molecule has 2 amide bonds. The molecule has 0 spiro atoms. The lowest BCUT2D eigenvalue weighted by molar-refractivity contribution is -0.134. The number of carbonyl (C=O) groups is 2. The fourth-order valence-electron chi connectivity index (χ4n) is 4.10. The second kappa shape index (κ2) is 10.0. The number of nitrogens with zero attached hydrogens (tertiary/aromatic N) is 4. The molecule has 1 atom stereocenters. The van der Waals surface area contributed by atoms with Gasteiger partial charge >= 0.3 is 0 Å². The average molecular weight is 427 g/mol. The van der Waals surface area contributed by atoms with Crippen LogP contribution < -0.4 is 0 Å². The van der Waals surface area contributed by atoms with E-state index in [1.807, 2.05) is 24.3 Å². The SMILES string of the molecule is C=CCN1CCN(C(=O)c2ccncc2)C[C@@H](Cc2cccc(-c3ccncc3)c2)C1=O. The third kappa shape index (κ3) is 4.91. The largest absolute Gasteiger partial charge is 0.337 e. The molecule has 6 heteroatoms. The number of hydrogen-bond acceptors (Lipinski definition) is 4. The minimum absolute atomic E-state index is 0.0595. The Morgan fingerprint density at radius 3 is 2.44 bits per heavy atom. The first-order valence-corrected chi connectivity index (χ1v) is 10.7. The monoisotopic (exact) mass is 426 g/mol. The first-order valence-electron chi connectivity index (χ1n) is 10.7. The average Bonchev–Trinajstić information content (AvgIpc) is 2.99. The summed E-state index contributed by atoms with van der Waals surface area (Å²) in [5.74, 6) is -0.337. The Labute approximate surface area is 188 Å². The summed E-state index contributed by atoms with van der Waals surface area (Å²) in [7, 11) is 0. The van der Waals surface area contributed by atoms with Crippen LogP contribution in [-0.2, 0) is 11.2 Å². The molecule has 0 bridgehead atoms. The van der Waals surface area contributed by atoms with E-state index in [0.29, 0.717) is 38.2 Å². The minimum atomic E-state index is -0.323. The lowest BCUT2D eigenvalue weighted by Gasteiger charge is -2.24. The van der Waals surface area contributed by atoms with Crippen LogP contribution >= 0.6 is 0 Å². The molecule has 0 radical (unpaired) electrons. The molecule has 0 aliphatic carbocycles. The van der Waals surface area contributed by atoms with E-state index >= 15 is 0 Å². The van der Waals surface area contributed by atoms with Crippen LogP contribution in [-0.4, -0.2) is 57.8 Å². The van der Waals surface area contributed by atoms with E-state index in [0.717, 1.165) is 16.7 Å². The molecule has 1 aliphatic heterocycles. The van der Waals surface area contributed by atoms with Crippen LogP contribution in [0.3, 0.4) is 0 Å². The second-order valence-electron chi connectivity index (χ2n) is 7.90. The molecule has 32 heavy (non-hydrogen) atoms. The summed E-state index contributed by atoms with van der Waals surface area (Å²) in [6.07, 6.45) is 9.06. The summed E-state index contributed by atoms with van der Waals surface area (Å²) >= 11 is 0. The van der Waals surface area contributed by atoms with Gasteiger partial charge in [-0.2, -0.15) is 0 Å². The van der Waals surface area contributed by atoms with Crippen molar-refractivity contribution in [2.75, 3.05) is 26.2 Å². The molecule has 0 N–H and O–H groups in total. The van der Waals surface area contributed by atoms with E-state index in [1.165, 1.54) is 0 Å². The van der Waals surface area contributed by atoms with E-state index in [4.69, 9.17) is 0 Å². The van der Waals surface area contributed by atoms with Gasteiger partial charge < -0.3 is 9.80 Å². The van der Waals surface area contributed by atoms with Gasteiger partial charge in [0.2, 0.25) is 5.91 Å². The maximum Gasteiger partial charge on any atom is 0.254 e. The van der Waals surface area contributed by atoms with Crippen LogP contribution in [0.1, 0.15) is 15.9 Å². The smallest absolute Gasteiger partial charge is 0.254 e. The Hall–Kier alpha value is -3.80. The van der Waals surface area contributed by atoms with E-state index in [9.17, 15) is 9.59 Å². The van der Waals surface area contributed by atoms with Crippen LogP contribution in [0.15, 0.2) is 86.0 Å². The van der Waals surface area contributed by atoms with E-state index in [2.05, 4.69) is 28.7 Å². The van der Waals surface area contributed by atoms with Gasteiger partial charge in [0.05, 0.1) is 5.92 Å². The highest BCUT2D eigenvalue weighted by Gasteiger charge is 2.32. The predicted molar refractivity (Wildman–Crippen MR) is 124 cm³/mol. The molecule has 162 valence electrons.